The number of hydrogen-bond donors (Lipinski definition) is 4. The fourth-order valence-corrected chi connectivity index (χ4v) is 4.60. The molecule has 3 aromatic carbocycles. The lowest BCUT2D eigenvalue weighted by molar-refractivity contribution is -0.118. The number of benzene rings is 3. The molecule has 1 aromatic heterocycles. The molecule has 0 unspecified atom stereocenters. The van der Waals surface area contributed by atoms with Gasteiger partial charge in [-0.1, -0.05) is 48.5 Å². The lowest BCUT2D eigenvalue weighted by Crippen LogP contribution is -2.40. The zero-order valence-corrected chi connectivity index (χ0v) is 21.5. The standard InChI is InChI=1S/C28H28N4O4S/c1-28(2,3)36-27(35)32-24(17-9-5-4-6-10-17)26(34)30-19-14-13-18-15-23(37-22(18)16-19)25(33)31-21-12-8-7-11-20(21)29/h4-16,24H,29H2,1-3H3,(H,30,34)(H,31,33)(H,32,35)/t24-/m1/s1. The summed E-state index contributed by atoms with van der Waals surface area (Å²) in [5, 5.41) is 9.22. The molecule has 3 amide bonds. The predicted octanol–water partition coefficient (Wildman–Crippen LogP) is 5.94. The zero-order chi connectivity index (χ0) is 26.6. The average molecular weight is 517 g/mol. The molecule has 0 radical (unpaired) electrons. The Hall–Kier alpha value is -4.37. The van der Waals surface area contributed by atoms with Gasteiger partial charge in [-0.25, -0.2) is 4.79 Å². The first-order valence-corrected chi connectivity index (χ1v) is 12.5. The number of hydrogen-bond acceptors (Lipinski definition) is 6. The smallest absolute Gasteiger partial charge is 0.408 e. The van der Waals surface area contributed by atoms with E-state index in [1.165, 1.54) is 11.3 Å². The van der Waals surface area contributed by atoms with Gasteiger partial charge in [-0.15, -0.1) is 11.3 Å². The van der Waals surface area contributed by atoms with E-state index in [0.29, 0.717) is 27.5 Å². The molecule has 5 N–H and O–H groups in total. The molecule has 0 spiro atoms. The number of carbonyl (C=O) groups is 3. The van der Waals surface area contributed by atoms with Crippen LogP contribution in [0.1, 0.15) is 42.0 Å². The van der Waals surface area contributed by atoms with Crippen molar-refractivity contribution in [3.05, 3.63) is 89.3 Å². The van der Waals surface area contributed by atoms with Crippen molar-refractivity contribution in [3.63, 3.8) is 0 Å². The molecule has 9 heteroatoms. The fraction of sp³-hybridized carbons (Fsp3) is 0.179. The Labute approximate surface area is 218 Å². The zero-order valence-electron chi connectivity index (χ0n) is 20.7. The van der Waals surface area contributed by atoms with Crippen LogP contribution in [0, 0.1) is 0 Å². The largest absolute Gasteiger partial charge is 0.444 e. The van der Waals surface area contributed by atoms with Crippen molar-refractivity contribution in [3.8, 4) is 0 Å². The Kier molecular flexibility index (Phi) is 7.45. The van der Waals surface area contributed by atoms with Crippen molar-refractivity contribution >= 4 is 56.4 Å². The molecular formula is C28H28N4O4S. The second-order valence-corrected chi connectivity index (χ2v) is 10.5. The van der Waals surface area contributed by atoms with Gasteiger partial charge in [0.25, 0.3) is 11.8 Å². The summed E-state index contributed by atoms with van der Waals surface area (Å²) in [5.41, 5.74) is 7.39. The average Bonchev–Trinajstić information content (AvgIpc) is 3.27. The summed E-state index contributed by atoms with van der Waals surface area (Å²) in [4.78, 5) is 39.0. The summed E-state index contributed by atoms with van der Waals surface area (Å²) in [6, 6.07) is 22.2. The molecule has 1 atom stereocenters. The van der Waals surface area contributed by atoms with Gasteiger partial charge < -0.3 is 26.4 Å². The van der Waals surface area contributed by atoms with Gasteiger partial charge >= 0.3 is 6.09 Å². The van der Waals surface area contributed by atoms with E-state index in [4.69, 9.17) is 10.5 Å². The summed E-state index contributed by atoms with van der Waals surface area (Å²) >= 11 is 1.30. The van der Waals surface area contributed by atoms with Gasteiger partial charge in [0.2, 0.25) is 0 Å². The van der Waals surface area contributed by atoms with Crippen LogP contribution in [-0.2, 0) is 9.53 Å². The number of para-hydroxylation sites is 2. The van der Waals surface area contributed by atoms with Crippen molar-refractivity contribution in [2.75, 3.05) is 16.4 Å². The quantitative estimate of drug-likeness (QED) is 0.236. The van der Waals surface area contributed by atoms with Gasteiger partial charge in [0.15, 0.2) is 0 Å². The molecule has 4 rings (SSSR count). The molecule has 0 fully saturated rings. The van der Waals surface area contributed by atoms with Crippen LogP contribution in [-0.4, -0.2) is 23.5 Å². The van der Waals surface area contributed by atoms with E-state index in [-0.39, 0.29) is 5.91 Å². The summed E-state index contributed by atoms with van der Waals surface area (Å²) in [6.07, 6.45) is -0.695. The van der Waals surface area contributed by atoms with Gasteiger partial charge in [-0.05, 0) is 62.1 Å². The van der Waals surface area contributed by atoms with Gasteiger partial charge in [-0.2, -0.15) is 0 Å². The Morgan fingerprint density at radius 3 is 2.30 bits per heavy atom. The van der Waals surface area contributed by atoms with Crippen LogP contribution >= 0.6 is 11.3 Å². The first kappa shape index (κ1) is 25.7. The molecular weight excluding hydrogens is 488 g/mol. The number of thiophene rings is 1. The van der Waals surface area contributed by atoms with Gasteiger partial charge in [0.1, 0.15) is 11.6 Å². The minimum absolute atomic E-state index is 0.268. The molecule has 8 nitrogen and oxygen atoms in total. The van der Waals surface area contributed by atoms with E-state index in [1.54, 1.807) is 87.5 Å². The third-order valence-corrected chi connectivity index (χ3v) is 6.37. The number of nitrogens with two attached hydrogens (primary N) is 1. The number of alkyl carbamates (subject to hydrolysis) is 1. The van der Waals surface area contributed by atoms with Crippen LogP contribution in [0.25, 0.3) is 10.1 Å². The predicted molar refractivity (Wildman–Crippen MR) is 148 cm³/mol. The van der Waals surface area contributed by atoms with Crippen molar-refractivity contribution in [1.82, 2.24) is 5.32 Å². The SMILES string of the molecule is CC(C)(C)OC(=O)N[C@@H](C(=O)Nc1ccc2cc(C(=O)Nc3ccccc3N)sc2c1)c1ccccc1. The number of carbonyl (C=O) groups excluding carboxylic acids is 3. The van der Waals surface area contributed by atoms with Crippen molar-refractivity contribution < 1.29 is 19.1 Å². The fourth-order valence-electron chi connectivity index (χ4n) is 3.60. The lowest BCUT2D eigenvalue weighted by Gasteiger charge is -2.23. The monoisotopic (exact) mass is 516 g/mol. The van der Waals surface area contributed by atoms with E-state index in [2.05, 4.69) is 16.0 Å². The lowest BCUT2D eigenvalue weighted by atomic mass is 10.1. The number of nitrogen functional groups attached to an aromatic ring is 1. The highest BCUT2D eigenvalue weighted by molar-refractivity contribution is 7.21. The summed E-state index contributed by atoms with van der Waals surface area (Å²) in [6.45, 7) is 5.26. The maximum Gasteiger partial charge on any atom is 0.408 e. The van der Waals surface area contributed by atoms with Crippen LogP contribution in [0.4, 0.5) is 21.9 Å². The Balaban J connectivity index is 1.52. The highest BCUT2D eigenvalue weighted by Gasteiger charge is 2.26. The van der Waals surface area contributed by atoms with E-state index in [1.807, 2.05) is 12.1 Å². The second kappa shape index (κ2) is 10.7. The minimum Gasteiger partial charge on any atom is -0.444 e. The molecule has 0 aliphatic heterocycles. The minimum atomic E-state index is -0.965. The number of anilines is 3. The molecule has 190 valence electrons. The topological polar surface area (TPSA) is 123 Å². The van der Waals surface area contributed by atoms with Crippen LogP contribution in [0.5, 0.6) is 0 Å². The molecule has 0 saturated carbocycles. The Bertz CT molecular complexity index is 1440. The van der Waals surface area contributed by atoms with Gasteiger partial charge in [0.05, 0.1) is 16.3 Å². The number of fused-ring (bicyclic) bond motifs is 1. The molecule has 37 heavy (non-hydrogen) atoms. The second-order valence-electron chi connectivity index (χ2n) is 9.38. The number of nitrogens with one attached hydrogen (secondary N) is 3. The number of ether oxygens (including phenoxy) is 1. The van der Waals surface area contributed by atoms with Crippen LogP contribution in [0.2, 0.25) is 0 Å². The highest BCUT2D eigenvalue weighted by Crippen LogP contribution is 2.30. The molecule has 0 saturated heterocycles. The third-order valence-electron chi connectivity index (χ3n) is 5.28. The van der Waals surface area contributed by atoms with E-state index >= 15 is 0 Å². The van der Waals surface area contributed by atoms with E-state index < -0.39 is 23.6 Å². The highest BCUT2D eigenvalue weighted by atomic mass is 32.1. The van der Waals surface area contributed by atoms with E-state index in [0.717, 1.165) is 10.1 Å². The van der Waals surface area contributed by atoms with Gasteiger partial charge in [0, 0.05) is 10.4 Å². The first-order valence-electron chi connectivity index (χ1n) is 11.6. The van der Waals surface area contributed by atoms with Crippen molar-refractivity contribution in [2.45, 2.75) is 32.4 Å². The summed E-state index contributed by atoms with van der Waals surface area (Å²) < 4.78 is 6.17. The third kappa shape index (κ3) is 6.65. The Morgan fingerprint density at radius 1 is 0.892 bits per heavy atom. The van der Waals surface area contributed by atoms with Crippen LogP contribution in [0.3, 0.4) is 0 Å². The summed E-state index contributed by atoms with van der Waals surface area (Å²) in [7, 11) is 0. The van der Waals surface area contributed by atoms with Crippen molar-refractivity contribution in [1.29, 1.82) is 0 Å². The molecule has 0 aliphatic rings. The van der Waals surface area contributed by atoms with Crippen LogP contribution in [0.15, 0.2) is 78.9 Å². The maximum absolute atomic E-state index is 13.2. The maximum atomic E-state index is 13.2. The van der Waals surface area contributed by atoms with Crippen molar-refractivity contribution in [2.24, 2.45) is 0 Å². The van der Waals surface area contributed by atoms with E-state index in [9.17, 15) is 14.4 Å². The number of rotatable bonds is 6. The molecule has 0 aliphatic carbocycles. The molecule has 1 heterocycles. The molecule has 0 bridgehead atoms. The van der Waals surface area contributed by atoms with Crippen LogP contribution < -0.4 is 21.7 Å². The normalized spacial score (nSPS) is 12.0. The number of amides is 3. The van der Waals surface area contributed by atoms with Gasteiger partial charge in [-0.3, -0.25) is 9.59 Å². The Morgan fingerprint density at radius 2 is 1.59 bits per heavy atom. The summed E-state index contributed by atoms with van der Waals surface area (Å²) in [5.74, 6) is -0.694. The first-order chi connectivity index (χ1) is 17.6. The molecule has 4 aromatic rings.